The highest BCUT2D eigenvalue weighted by atomic mass is 35.5. The first kappa shape index (κ1) is 16.7. The predicted octanol–water partition coefficient (Wildman–Crippen LogP) is 3.27. The molecule has 0 radical (unpaired) electrons. The van der Waals surface area contributed by atoms with Gasteiger partial charge in [0, 0.05) is 24.3 Å². The number of aliphatic hydroxyl groups excluding tert-OH is 1. The number of benzene rings is 1. The summed E-state index contributed by atoms with van der Waals surface area (Å²) in [4.78, 5) is 11.7. The summed E-state index contributed by atoms with van der Waals surface area (Å²) in [6.45, 7) is 2.87. The smallest absolute Gasteiger partial charge is 0.244 e. The van der Waals surface area contributed by atoms with Gasteiger partial charge in [0.25, 0.3) is 0 Å². The minimum Gasteiger partial charge on any atom is -0.396 e. The van der Waals surface area contributed by atoms with Gasteiger partial charge in [0.15, 0.2) is 0 Å². The number of nitrogens with one attached hydrogen (secondary N) is 1. The fourth-order valence-electron chi connectivity index (χ4n) is 2.03. The molecule has 0 aliphatic rings. The van der Waals surface area contributed by atoms with Crippen LogP contribution < -0.4 is 5.32 Å². The van der Waals surface area contributed by atoms with Crippen molar-refractivity contribution in [3.63, 3.8) is 0 Å². The van der Waals surface area contributed by atoms with E-state index in [1.165, 1.54) is 6.08 Å². The van der Waals surface area contributed by atoms with E-state index in [2.05, 4.69) is 12.2 Å². The number of amides is 1. The number of rotatable bonds is 8. The lowest BCUT2D eigenvalue weighted by Gasteiger charge is -2.14. The average molecular weight is 296 g/mol. The van der Waals surface area contributed by atoms with Crippen molar-refractivity contribution in [1.29, 1.82) is 0 Å². The lowest BCUT2D eigenvalue weighted by molar-refractivity contribution is -0.116. The zero-order valence-electron chi connectivity index (χ0n) is 11.8. The first-order valence-corrected chi connectivity index (χ1v) is 7.35. The molecule has 4 heteroatoms. The van der Waals surface area contributed by atoms with Crippen molar-refractivity contribution >= 4 is 23.6 Å². The Kier molecular flexibility index (Phi) is 8.00. The van der Waals surface area contributed by atoms with Crippen LogP contribution >= 0.6 is 11.6 Å². The lowest BCUT2D eigenvalue weighted by atomic mass is 10.0. The van der Waals surface area contributed by atoms with Gasteiger partial charge < -0.3 is 10.4 Å². The average Bonchev–Trinajstić information content (AvgIpc) is 2.43. The Morgan fingerprint density at radius 1 is 1.45 bits per heavy atom. The van der Waals surface area contributed by atoms with Gasteiger partial charge >= 0.3 is 0 Å². The fourth-order valence-corrected chi connectivity index (χ4v) is 2.22. The fraction of sp³-hybridized carbons (Fsp3) is 0.438. The second-order valence-electron chi connectivity index (χ2n) is 4.80. The van der Waals surface area contributed by atoms with Crippen molar-refractivity contribution < 1.29 is 9.90 Å². The summed E-state index contributed by atoms with van der Waals surface area (Å²) >= 11 is 5.87. The maximum absolute atomic E-state index is 11.7. The third-order valence-electron chi connectivity index (χ3n) is 3.08. The number of hydrogen-bond donors (Lipinski definition) is 2. The summed E-state index contributed by atoms with van der Waals surface area (Å²) in [5.41, 5.74) is 0.896. The Labute approximate surface area is 125 Å². The van der Waals surface area contributed by atoms with E-state index < -0.39 is 0 Å². The zero-order chi connectivity index (χ0) is 14.8. The molecule has 0 fully saturated rings. The Morgan fingerprint density at radius 2 is 2.25 bits per heavy atom. The molecule has 0 saturated heterocycles. The first-order valence-electron chi connectivity index (χ1n) is 6.98. The van der Waals surface area contributed by atoms with Crippen LogP contribution in [0.15, 0.2) is 30.3 Å². The molecule has 0 saturated carbocycles. The summed E-state index contributed by atoms with van der Waals surface area (Å²) < 4.78 is 0. The maximum Gasteiger partial charge on any atom is 0.244 e. The normalized spacial score (nSPS) is 12.6. The van der Waals surface area contributed by atoms with Crippen molar-refractivity contribution in [1.82, 2.24) is 5.32 Å². The molecule has 2 N–H and O–H groups in total. The quantitative estimate of drug-likeness (QED) is 0.723. The van der Waals surface area contributed by atoms with Crippen LogP contribution in [-0.2, 0) is 4.79 Å². The molecule has 1 aromatic carbocycles. The molecule has 3 nitrogen and oxygen atoms in total. The minimum absolute atomic E-state index is 0.121. The van der Waals surface area contributed by atoms with E-state index in [1.54, 1.807) is 18.2 Å². The van der Waals surface area contributed by atoms with Gasteiger partial charge in [0.05, 0.1) is 0 Å². The molecule has 20 heavy (non-hydrogen) atoms. The molecule has 1 unspecified atom stereocenters. The number of carbonyl (C=O) groups excluding carboxylic acids is 1. The van der Waals surface area contributed by atoms with E-state index in [9.17, 15) is 4.79 Å². The van der Waals surface area contributed by atoms with Crippen molar-refractivity contribution in [2.75, 3.05) is 13.2 Å². The summed E-state index contributed by atoms with van der Waals surface area (Å²) in [6.07, 6.45) is 6.04. The van der Waals surface area contributed by atoms with Crippen LogP contribution in [0.1, 0.15) is 31.7 Å². The van der Waals surface area contributed by atoms with Crippen LogP contribution in [0, 0.1) is 5.92 Å². The molecular formula is C16H22ClNO2. The highest BCUT2D eigenvalue weighted by Crippen LogP contribution is 2.12. The van der Waals surface area contributed by atoms with Gasteiger partial charge in [0.2, 0.25) is 5.91 Å². The SMILES string of the molecule is CCCC(CCO)CNC(=O)/C=C/c1cccc(Cl)c1. The molecule has 0 aliphatic heterocycles. The van der Waals surface area contributed by atoms with E-state index in [0.29, 0.717) is 17.5 Å². The van der Waals surface area contributed by atoms with E-state index in [-0.39, 0.29) is 12.5 Å². The van der Waals surface area contributed by atoms with E-state index >= 15 is 0 Å². The molecule has 1 aromatic rings. The van der Waals surface area contributed by atoms with Crippen molar-refractivity contribution in [3.05, 3.63) is 40.9 Å². The van der Waals surface area contributed by atoms with Crippen LogP contribution in [0.4, 0.5) is 0 Å². The van der Waals surface area contributed by atoms with E-state index in [4.69, 9.17) is 16.7 Å². The molecule has 1 rings (SSSR count). The molecule has 0 bridgehead atoms. The molecular weight excluding hydrogens is 274 g/mol. The summed E-state index contributed by atoms with van der Waals surface area (Å²) in [6, 6.07) is 7.33. The molecule has 110 valence electrons. The Bertz CT molecular complexity index is 440. The molecule has 0 aliphatic carbocycles. The first-order chi connectivity index (χ1) is 9.65. The van der Waals surface area contributed by atoms with Crippen molar-refractivity contribution in [2.24, 2.45) is 5.92 Å². The minimum atomic E-state index is -0.121. The summed E-state index contributed by atoms with van der Waals surface area (Å²) in [5, 5.41) is 12.5. The number of aliphatic hydroxyl groups is 1. The maximum atomic E-state index is 11.7. The third-order valence-corrected chi connectivity index (χ3v) is 3.31. The van der Waals surface area contributed by atoms with Gasteiger partial charge in [-0.2, -0.15) is 0 Å². The van der Waals surface area contributed by atoms with E-state index in [1.807, 2.05) is 12.1 Å². The van der Waals surface area contributed by atoms with Gasteiger partial charge in [-0.25, -0.2) is 0 Å². The second kappa shape index (κ2) is 9.56. The monoisotopic (exact) mass is 295 g/mol. The van der Waals surface area contributed by atoms with Crippen molar-refractivity contribution in [3.8, 4) is 0 Å². The predicted molar refractivity (Wildman–Crippen MR) is 83.6 cm³/mol. The van der Waals surface area contributed by atoms with Crippen LogP contribution in [-0.4, -0.2) is 24.2 Å². The van der Waals surface area contributed by atoms with Crippen LogP contribution in [0.2, 0.25) is 5.02 Å². The Hall–Kier alpha value is -1.32. The van der Waals surface area contributed by atoms with Gasteiger partial charge in [-0.3, -0.25) is 4.79 Å². The topological polar surface area (TPSA) is 49.3 Å². The second-order valence-corrected chi connectivity index (χ2v) is 5.24. The van der Waals surface area contributed by atoms with Crippen molar-refractivity contribution in [2.45, 2.75) is 26.2 Å². The highest BCUT2D eigenvalue weighted by Gasteiger charge is 2.07. The molecule has 1 atom stereocenters. The lowest BCUT2D eigenvalue weighted by Crippen LogP contribution is -2.28. The number of halogens is 1. The molecule has 1 amide bonds. The van der Waals surface area contributed by atoms with Gasteiger partial charge in [0.1, 0.15) is 0 Å². The zero-order valence-corrected chi connectivity index (χ0v) is 12.6. The van der Waals surface area contributed by atoms with E-state index in [0.717, 1.165) is 24.8 Å². The molecule has 0 spiro atoms. The summed E-state index contributed by atoms with van der Waals surface area (Å²) in [5.74, 6) is 0.220. The van der Waals surface area contributed by atoms with Gasteiger partial charge in [-0.05, 0) is 42.5 Å². The van der Waals surface area contributed by atoms with Crippen LogP contribution in [0.5, 0.6) is 0 Å². The number of hydrogen-bond acceptors (Lipinski definition) is 2. The highest BCUT2D eigenvalue weighted by molar-refractivity contribution is 6.30. The Morgan fingerprint density at radius 3 is 2.90 bits per heavy atom. The third kappa shape index (κ3) is 6.73. The standard InChI is InChI=1S/C16H22ClNO2/c1-2-4-14(9-10-19)12-18-16(20)8-7-13-5-3-6-15(17)11-13/h3,5-8,11,14,19H,2,4,9-10,12H2,1H3,(H,18,20)/b8-7+. The van der Waals surface area contributed by atoms with Crippen LogP contribution in [0.25, 0.3) is 6.08 Å². The Balaban J connectivity index is 2.42. The molecule has 0 aromatic heterocycles. The van der Waals surface area contributed by atoms with Gasteiger partial charge in [-0.1, -0.05) is 37.1 Å². The van der Waals surface area contributed by atoms with Crippen LogP contribution in [0.3, 0.4) is 0 Å². The molecule has 0 heterocycles. The van der Waals surface area contributed by atoms with Gasteiger partial charge in [-0.15, -0.1) is 0 Å². The number of carbonyl (C=O) groups is 1. The largest absolute Gasteiger partial charge is 0.396 e. The summed E-state index contributed by atoms with van der Waals surface area (Å²) in [7, 11) is 0.